The van der Waals surface area contributed by atoms with E-state index in [0.29, 0.717) is 27.5 Å². The third kappa shape index (κ3) is 4.60. The lowest BCUT2D eigenvalue weighted by molar-refractivity contribution is 0.101. The van der Waals surface area contributed by atoms with Crippen LogP contribution in [0.5, 0.6) is 5.75 Å². The lowest BCUT2D eigenvalue weighted by Crippen LogP contribution is -2.24. The van der Waals surface area contributed by atoms with E-state index < -0.39 is 0 Å². The van der Waals surface area contributed by atoms with Crippen LogP contribution in [-0.2, 0) is 6.42 Å². The number of pyridine rings is 1. The summed E-state index contributed by atoms with van der Waals surface area (Å²) in [6, 6.07) is 14.7. The van der Waals surface area contributed by atoms with Crippen LogP contribution in [0, 0.1) is 6.92 Å². The molecular formula is C24H24ClNO3. The van der Waals surface area contributed by atoms with Crippen LogP contribution in [0.2, 0.25) is 5.02 Å². The minimum atomic E-state index is -0.157. The zero-order chi connectivity index (χ0) is 21.1. The second-order valence-corrected chi connectivity index (χ2v) is 7.73. The molecule has 29 heavy (non-hydrogen) atoms. The van der Waals surface area contributed by atoms with Crippen LogP contribution in [0.25, 0.3) is 11.1 Å². The van der Waals surface area contributed by atoms with Gasteiger partial charge in [0, 0.05) is 28.3 Å². The van der Waals surface area contributed by atoms with Crippen LogP contribution in [0.4, 0.5) is 0 Å². The number of Topliss-reactive ketones (excluding diaryl/α,β-unsaturated/α-hetero) is 1. The molecule has 150 valence electrons. The molecule has 0 fully saturated rings. The molecule has 1 atom stereocenters. The quantitative estimate of drug-likeness (QED) is 0.505. The third-order valence-electron chi connectivity index (χ3n) is 5.00. The minimum Gasteiger partial charge on any atom is -0.495 e. The highest BCUT2D eigenvalue weighted by molar-refractivity contribution is 6.31. The Morgan fingerprint density at radius 3 is 2.55 bits per heavy atom. The molecule has 0 aliphatic heterocycles. The van der Waals surface area contributed by atoms with Crippen molar-refractivity contribution < 1.29 is 9.53 Å². The highest BCUT2D eigenvalue weighted by Gasteiger charge is 2.18. The number of carbonyl (C=O) groups excluding carboxylic acids is 1. The second-order valence-electron chi connectivity index (χ2n) is 7.29. The fourth-order valence-corrected chi connectivity index (χ4v) is 3.74. The van der Waals surface area contributed by atoms with Crippen LogP contribution in [-0.4, -0.2) is 17.5 Å². The van der Waals surface area contributed by atoms with Gasteiger partial charge < -0.3 is 9.30 Å². The number of aromatic nitrogens is 1. The number of ketones is 1. The van der Waals surface area contributed by atoms with Crippen LogP contribution >= 0.6 is 11.6 Å². The molecule has 0 saturated heterocycles. The third-order valence-corrected chi connectivity index (χ3v) is 5.24. The topological polar surface area (TPSA) is 48.3 Å². The largest absolute Gasteiger partial charge is 0.495 e. The van der Waals surface area contributed by atoms with Crippen molar-refractivity contribution in [2.24, 2.45) is 0 Å². The predicted octanol–water partition coefficient (Wildman–Crippen LogP) is 5.49. The smallest absolute Gasteiger partial charge is 0.251 e. The predicted molar refractivity (Wildman–Crippen MR) is 117 cm³/mol. The first-order valence-corrected chi connectivity index (χ1v) is 9.84. The first-order chi connectivity index (χ1) is 13.8. The number of nitrogens with zero attached hydrogens (tertiary/aromatic N) is 1. The Morgan fingerprint density at radius 2 is 1.90 bits per heavy atom. The molecular weight excluding hydrogens is 386 g/mol. The summed E-state index contributed by atoms with van der Waals surface area (Å²) in [4.78, 5) is 25.0. The first kappa shape index (κ1) is 20.9. The Morgan fingerprint density at radius 1 is 1.14 bits per heavy atom. The molecule has 0 aliphatic carbocycles. The van der Waals surface area contributed by atoms with Crippen molar-refractivity contribution in [3.8, 4) is 16.9 Å². The van der Waals surface area contributed by atoms with E-state index in [1.54, 1.807) is 36.1 Å². The molecule has 1 aromatic heterocycles. The van der Waals surface area contributed by atoms with Crippen molar-refractivity contribution in [2.45, 2.75) is 33.2 Å². The zero-order valence-corrected chi connectivity index (χ0v) is 17.8. The SMILES string of the molecule is COc1cn(C(C)Cc2cccc(C)c2)c(=O)cc1-c1cc(Cl)ccc1C(C)=O. The molecule has 2 aromatic carbocycles. The fraction of sp³-hybridized carbons (Fsp3) is 0.250. The molecule has 3 aromatic rings. The van der Waals surface area contributed by atoms with Crippen LogP contribution in [0.1, 0.15) is 41.4 Å². The van der Waals surface area contributed by atoms with Gasteiger partial charge in [-0.05, 0) is 56.5 Å². The first-order valence-electron chi connectivity index (χ1n) is 9.46. The van der Waals surface area contributed by atoms with E-state index in [2.05, 4.69) is 25.1 Å². The number of hydrogen-bond donors (Lipinski definition) is 0. The van der Waals surface area contributed by atoms with E-state index in [4.69, 9.17) is 16.3 Å². The molecule has 3 rings (SSSR count). The molecule has 0 bridgehead atoms. The van der Waals surface area contributed by atoms with Crippen molar-refractivity contribution in [1.29, 1.82) is 0 Å². The van der Waals surface area contributed by atoms with Crippen molar-refractivity contribution in [3.63, 3.8) is 0 Å². The number of methoxy groups -OCH3 is 1. The summed E-state index contributed by atoms with van der Waals surface area (Å²) in [6.07, 6.45) is 2.43. The number of halogens is 1. The van der Waals surface area contributed by atoms with Crippen molar-refractivity contribution >= 4 is 17.4 Å². The summed E-state index contributed by atoms with van der Waals surface area (Å²) < 4.78 is 7.24. The van der Waals surface area contributed by atoms with Crippen LogP contribution < -0.4 is 10.3 Å². The lowest BCUT2D eigenvalue weighted by atomic mass is 9.97. The average molecular weight is 410 g/mol. The Labute approximate surface area is 175 Å². The maximum atomic E-state index is 12.9. The summed E-state index contributed by atoms with van der Waals surface area (Å²) >= 11 is 6.16. The van der Waals surface area contributed by atoms with Gasteiger partial charge in [0.25, 0.3) is 5.56 Å². The van der Waals surface area contributed by atoms with Gasteiger partial charge in [-0.1, -0.05) is 41.4 Å². The second kappa shape index (κ2) is 8.66. The van der Waals surface area contributed by atoms with Crippen molar-refractivity contribution in [1.82, 2.24) is 4.57 Å². The van der Waals surface area contributed by atoms with E-state index in [9.17, 15) is 9.59 Å². The number of rotatable bonds is 6. The van der Waals surface area contributed by atoms with E-state index in [1.165, 1.54) is 24.1 Å². The maximum absolute atomic E-state index is 12.9. The lowest BCUT2D eigenvalue weighted by Gasteiger charge is -2.19. The van der Waals surface area contributed by atoms with Gasteiger partial charge >= 0.3 is 0 Å². The number of aryl methyl sites for hydroxylation is 1. The highest BCUT2D eigenvalue weighted by Crippen LogP contribution is 2.34. The molecule has 0 N–H and O–H groups in total. The summed E-state index contributed by atoms with van der Waals surface area (Å²) in [5.41, 5.74) is 3.85. The zero-order valence-electron chi connectivity index (χ0n) is 17.0. The Hall–Kier alpha value is -2.85. The normalized spacial score (nSPS) is 11.9. The van der Waals surface area contributed by atoms with Gasteiger partial charge in [-0.3, -0.25) is 9.59 Å². The van der Waals surface area contributed by atoms with E-state index in [1.807, 2.05) is 13.0 Å². The van der Waals surface area contributed by atoms with Gasteiger partial charge in [0.05, 0.1) is 13.3 Å². The van der Waals surface area contributed by atoms with Crippen molar-refractivity contribution in [2.75, 3.05) is 7.11 Å². The average Bonchev–Trinajstić information content (AvgIpc) is 2.67. The highest BCUT2D eigenvalue weighted by atomic mass is 35.5. The minimum absolute atomic E-state index is 0.0566. The van der Waals surface area contributed by atoms with Gasteiger partial charge in [0.1, 0.15) is 5.75 Å². The number of ether oxygens (including phenoxy) is 1. The Bertz CT molecular complexity index is 1120. The van der Waals surface area contributed by atoms with Crippen molar-refractivity contribution in [3.05, 3.63) is 86.8 Å². The van der Waals surface area contributed by atoms with Crippen LogP contribution in [0.15, 0.2) is 59.5 Å². The van der Waals surface area contributed by atoms with Gasteiger partial charge in [-0.15, -0.1) is 0 Å². The number of hydrogen-bond acceptors (Lipinski definition) is 3. The Balaban J connectivity index is 2.06. The van der Waals surface area contributed by atoms with Gasteiger partial charge in [0.2, 0.25) is 0 Å². The summed E-state index contributed by atoms with van der Waals surface area (Å²) in [5, 5.41) is 0.490. The van der Waals surface area contributed by atoms with E-state index in [0.717, 1.165) is 6.42 Å². The molecule has 0 saturated carbocycles. The monoisotopic (exact) mass is 409 g/mol. The molecule has 5 heteroatoms. The van der Waals surface area contributed by atoms with Gasteiger partial charge in [-0.25, -0.2) is 0 Å². The Kier molecular flexibility index (Phi) is 6.23. The summed E-state index contributed by atoms with van der Waals surface area (Å²) in [6.45, 7) is 5.54. The van der Waals surface area contributed by atoms with Gasteiger partial charge in [0.15, 0.2) is 5.78 Å². The molecule has 0 aliphatic rings. The molecule has 0 spiro atoms. The van der Waals surface area contributed by atoms with E-state index in [-0.39, 0.29) is 17.4 Å². The molecule has 1 heterocycles. The summed E-state index contributed by atoms with van der Waals surface area (Å²) in [7, 11) is 1.55. The van der Waals surface area contributed by atoms with Crippen LogP contribution in [0.3, 0.4) is 0 Å². The fourth-order valence-electron chi connectivity index (χ4n) is 3.57. The molecule has 4 nitrogen and oxygen atoms in total. The summed E-state index contributed by atoms with van der Waals surface area (Å²) in [5.74, 6) is 0.418. The van der Waals surface area contributed by atoms with Gasteiger partial charge in [-0.2, -0.15) is 0 Å². The number of carbonyl (C=O) groups is 1. The molecule has 0 amide bonds. The molecule has 1 unspecified atom stereocenters. The standard InChI is InChI=1S/C24H24ClNO3/c1-15-6-5-7-18(10-15)11-16(2)26-14-23(29-4)22(13-24(26)28)21-12-19(25)8-9-20(21)17(3)27/h5-10,12-14,16H,11H2,1-4H3. The molecule has 0 radical (unpaired) electrons. The maximum Gasteiger partial charge on any atom is 0.251 e. The number of benzene rings is 2. The van der Waals surface area contributed by atoms with E-state index >= 15 is 0 Å².